The molecule has 0 amide bonds. The quantitative estimate of drug-likeness (QED) is 0.335. The second-order valence-corrected chi connectivity index (χ2v) is 2.88. The Morgan fingerprint density at radius 3 is 2.36 bits per heavy atom. The van der Waals surface area contributed by atoms with E-state index in [9.17, 15) is 15.0 Å². The second-order valence-electron chi connectivity index (χ2n) is 1.44. The van der Waals surface area contributed by atoms with Gasteiger partial charge >= 0.3 is 29.6 Å². The van der Waals surface area contributed by atoms with Crippen molar-refractivity contribution in [3.8, 4) is 5.88 Å². The van der Waals surface area contributed by atoms with Gasteiger partial charge in [0.1, 0.15) is 0 Å². The molecule has 1 aromatic rings. The molecule has 0 atom stereocenters. The minimum atomic E-state index is -1.55. The molecule has 1 rings (SSSR count). The Labute approximate surface area is 94.1 Å². The predicted molar refractivity (Wildman–Crippen MR) is 31.5 cm³/mol. The summed E-state index contributed by atoms with van der Waals surface area (Å²) >= 11 is 5.18. The Hall–Kier alpha value is 0.120. The predicted octanol–water partition coefficient (Wildman–Crippen LogP) is -4.51. The summed E-state index contributed by atoms with van der Waals surface area (Å²) < 4.78 is 3.18. The third-order valence-electron chi connectivity index (χ3n) is 0.834. The number of hydrogen-bond donors (Lipinski definition) is 0. The van der Waals surface area contributed by atoms with E-state index in [4.69, 9.17) is 0 Å². The molecule has 0 aliphatic rings. The van der Waals surface area contributed by atoms with Crippen LogP contribution < -0.4 is 39.8 Å². The van der Waals surface area contributed by atoms with Gasteiger partial charge in [0.25, 0.3) is 0 Å². The van der Waals surface area contributed by atoms with Gasteiger partial charge in [-0.1, -0.05) is 4.21 Å². The second kappa shape index (κ2) is 4.22. The molecule has 0 aromatic carbocycles. The molecule has 1 aromatic heterocycles. The molecular formula is C4NNaO3S2-2. The van der Waals surface area contributed by atoms with E-state index in [-0.39, 0.29) is 33.8 Å². The molecule has 1 heterocycles. The minimum Gasteiger partial charge on any atom is -0.859 e. The van der Waals surface area contributed by atoms with Crippen molar-refractivity contribution in [2.45, 2.75) is 4.21 Å². The van der Waals surface area contributed by atoms with Gasteiger partial charge in [-0.05, 0) is 11.4 Å². The van der Waals surface area contributed by atoms with E-state index >= 15 is 0 Å². The molecular weight excluding hydrogens is 197 g/mol. The maximum Gasteiger partial charge on any atom is 1.00 e. The summed E-state index contributed by atoms with van der Waals surface area (Å²) in [5.74, 6) is -2.36. The molecule has 0 radical (unpaired) electrons. The monoisotopic (exact) mass is 197 g/mol. The maximum absolute atomic E-state index is 10.5. The number of nitrogens with zero attached hydrogens (tertiary/aromatic N) is 1. The van der Waals surface area contributed by atoms with Crippen molar-refractivity contribution in [1.82, 2.24) is 4.37 Å². The van der Waals surface area contributed by atoms with Gasteiger partial charge in [0, 0.05) is 0 Å². The average Bonchev–Trinajstić information content (AvgIpc) is 2.11. The molecule has 0 aliphatic heterocycles. The van der Waals surface area contributed by atoms with Crippen molar-refractivity contribution in [3.63, 3.8) is 0 Å². The van der Waals surface area contributed by atoms with Crippen LogP contribution in [-0.2, 0) is 12.6 Å². The fraction of sp³-hybridized carbons (Fsp3) is 0. The third-order valence-corrected chi connectivity index (χ3v) is 1.89. The molecule has 0 fully saturated rings. The van der Waals surface area contributed by atoms with Crippen LogP contribution in [0.4, 0.5) is 0 Å². The van der Waals surface area contributed by atoms with E-state index in [1.807, 2.05) is 0 Å². The summed E-state index contributed by atoms with van der Waals surface area (Å²) in [5.41, 5.74) is -0.500. The molecule has 0 aliphatic carbocycles. The van der Waals surface area contributed by atoms with Crippen LogP contribution in [0.3, 0.4) is 0 Å². The molecule has 0 bridgehead atoms. The van der Waals surface area contributed by atoms with Gasteiger partial charge in [-0.25, -0.2) is 0 Å². The number of carboxylic acid groups (broad SMARTS) is 1. The summed E-state index contributed by atoms with van der Waals surface area (Å²) in [6, 6.07) is 0. The van der Waals surface area contributed by atoms with E-state index < -0.39 is 17.4 Å². The molecule has 11 heavy (non-hydrogen) atoms. The van der Waals surface area contributed by atoms with Crippen molar-refractivity contribution < 1.29 is 44.6 Å². The fourth-order valence-corrected chi connectivity index (χ4v) is 1.23. The summed E-state index contributed by atoms with van der Waals surface area (Å²) in [6.07, 6.45) is 0. The summed E-state index contributed by atoms with van der Waals surface area (Å²) in [6.45, 7) is 0. The normalized spacial score (nSPS) is 8.73. The number of aromatic nitrogens is 1. The smallest absolute Gasteiger partial charge is 0.859 e. The van der Waals surface area contributed by atoms with Crippen LogP contribution in [-0.4, -0.2) is 10.3 Å². The van der Waals surface area contributed by atoms with Gasteiger partial charge in [0.15, 0.2) is 0 Å². The zero-order valence-electron chi connectivity index (χ0n) is 5.49. The zero-order chi connectivity index (χ0) is 7.72. The van der Waals surface area contributed by atoms with Crippen LogP contribution in [0.5, 0.6) is 5.88 Å². The van der Waals surface area contributed by atoms with E-state index in [1.54, 1.807) is 0 Å². The van der Waals surface area contributed by atoms with Crippen LogP contribution in [0.1, 0.15) is 10.4 Å². The van der Waals surface area contributed by atoms with Crippen molar-refractivity contribution in [2.24, 2.45) is 0 Å². The first-order valence-corrected chi connectivity index (χ1v) is 3.36. The molecule has 7 heteroatoms. The van der Waals surface area contributed by atoms with Crippen molar-refractivity contribution in [3.05, 3.63) is 5.56 Å². The summed E-state index contributed by atoms with van der Waals surface area (Å²) in [5, 5.41) is 20.6. The molecule has 0 spiro atoms. The third kappa shape index (κ3) is 2.28. The Bertz CT molecular complexity index is 255. The first-order chi connectivity index (χ1) is 4.63. The van der Waals surface area contributed by atoms with Gasteiger partial charge < -0.3 is 32.0 Å². The van der Waals surface area contributed by atoms with Crippen LogP contribution in [0.15, 0.2) is 4.21 Å². The van der Waals surface area contributed by atoms with Crippen molar-refractivity contribution in [1.29, 1.82) is 0 Å². The molecule has 4 nitrogen and oxygen atoms in total. The SMILES string of the molecule is O=C([O-])c1c([O-])nsc1[S-].[Na+]. The van der Waals surface area contributed by atoms with Crippen LogP contribution in [0.2, 0.25) is 0 Å². The summed E-state index contributed by atoms with van der Waals surface area (Å²) in [4.78, 5) is 10.1. The molecule has 54 valence electrons. The van der Waals surface area contributed by atoms with E-state index in [0.717, 1.165) is 0 Å². The molecule has 0 unspecified atom stereocenters. The average molecular weight is 197 g/mol. The van der Waals surface area contributed by atoms with Gasteiger partial charge in [0.2, 0.25) is 0 Å². The van der Waals surface area contributed by atoms with Gasteiger partial charge in [-0.2, -0.15) is 0 Å². The number of aromatic carboxylic acids is 1. The van der Waals surface area contributed by atoms with Crippen molar-refractivity contribution in [2.75, 3.05) is 0 Å². The van der Waals surface area contributed by atoms with E-state index in [0.29, 0.717) is 11.5 Å². The van der Waals surface area contributed by atoms with Crippen molar-refractivity contribution >= 4 is 30.1 Å². The number of carbonyl (C=O) groups is 1. The standard InChI is InChI=1S/C4H3NO3S2.Na/c6-2-1(3(7)8)4(9)10-5-2;/h9H,(H,5,6)(H,7,8);/q;+1/p-3. The Balaban J connectivity index is 0.000001000. The van der Waals surface area contributed by atoms with Gasteiger partial charge in [-0.15, -0.1) is 0 Å². The summed E-state index contributed by atoms with van der Waals surface area (Å²) in [7, 11) is 0. The number of rotatable bonds is 1. The van der Waals surface area contributed by atoms with Crippen LogP contribution in [0.25, 0.3) is 0 Å². The number of carboxylic acids is 1. The van der Waals surface area contributed by atoms with Crippen LogP contribution in [0, 0.1) is 0 Å². The van der Waals surface area contributed by atoms with Crippen LogP contribution >= 0.6 is 11.5 Å². The Morgan fingerprint density at radius 1 is 1.64 bits per heavy atom. The fourth-order valence-electron chi connectivity index (χ4n) is 0.432. The first-order valence-electron chi connectivity index (χ1n) is 2.18. The van der Waals surface area contributed by atoms with E-state index in [1.165, 1.54) is 0 Å². The largest absolute Gasteiger partial charge is 1.00 e. The maximum atomic E-state index is 10.5. The molecule has 0 saturated carbocycles. The topological polar surface area (TPSA) is 76.1 Å². The van der Waals surface area contributed by atoms with Gasteiger partial charge in [-0.3, -0.25) is 11.5 Å². The Morgan fingerprint density at radius 2 is 2.18 bits per heavy atom. The first kappa shape index (κ1) is 11.1. The van der Waals surface area contributed by atoms with E-state index in [2.05, 4.69) is 17.0 Å². The number of carbonyl (C=O) groups excluding carboxylic acids is 1. The minimum absolute atomic E-state index is 0. The Kier molecular flexibility index (Phi) is 4.27. The number of hydrogen-bond acceptors (Lipinski definition) is 6. The molecule has 0 saturated heterocycles. The van der Waals surface area contributed by atoms with Gasteiger partial charge in [0.05, 0.1) is 5.97 Å². The zero-order valence-corrected chi connectivity index (χ0v) is 9.12. The molecule has 0 N–H and O–H groups in total.